The zero-order chi connectivity index (χ0) is 13.8. The van der Waals surface area contributed by atoms with E-state index in [-0.39, 0.29) is 11.3 Å². The van der Waals surface area contributed by atoms with E-state index in [1.807, 2.05) is 6.20 Å². The van der Waals surface area contributed by atoms with Crippen LogP contribution in [0.3, 0.4) is 0 Å². The lowest BCUT2D eigenvalue weighted by Gasteiger charge is -2.08. The van der Waals surface area contributed by atoms with Crippen LogP contribution in [0.2, 0.25) is 0 Å². The summed E-state index contributed by atoms with van der Waals surface area (Å²) in [4.78, 5) is 20.5. The van der Waals surface area contributed by atoms with Crippen LogP contribution in [0.25, 0.3) is 0 Å². The van der Waals surface area contributed by atoms with Gasteiger partial charge in [-0.3, -0.25) is 0 Å². The molecule has 0 aliphatic heterocycles. The van der Waals surface area contributed by atoms with Crippen LogP contribution in [0.15, 0.2) is 18.5 Å². The van der Waals surface area contributed by atoms with Crippen LogP contribution in [0, 0.1) is 0 Å². The Labute approximate surface area is 114 Å². The molecule has 100 valence electrons. The Kier molecular flexibility index (Phi) is 3.96. The summed E-state index contributed by atoms with van der Waals surface area (Å²) in [5, 5.41) is 12.9. The predicted octanol–water partition coefficient (Wildman–Crippen LogP) is 1.99. The molecule has 0 aromatic carbocycles. The number of nitrogens with two attached hydrogens (primary N) is 1. The van der Waals surface area contributed by atoms with Crippen LogP contribution in [0.5, 0.6) is 0 Å². The minimum Gasteiger partial charge on any atom is -0.478 e. The molecule has 0 unspecified atom stereocenters. The molecule has 0 aliphatic carbocycles. The van der Waals surface area contributed by atoms with E-state index in [4.69, 9.17) is 10.8 Å². The molecule has 0 atom stereocenters. The molecule has 4 N–H and O–H groups in total. The van der Waals surface area contributed by atoms with E-state index < -0.39 is 5.97 Å². The van der Waals surface area contributed by atoms with Crippen LogP contribution in [0.4, 0.5) is 11.5 Å². The molecule has 6 nitrogen and oxygen atoms in total. The lowest BCUT2D eigenvalue weighted by Crippen LogP contribution is -2.09. The summed E-state index contributed by atoms with van der Waals surface area (Å²) in [7, 11) is 0. The second-order valence-electron chi connectivity index (χ2n) is 3.85. The number of thiazole rings is 1. The fourth-order valence-electron chi connectivity index (χ4n) is 1.55. The van der Waals surface area contributed by atoms with Gasteiger partial charge in [0.25, 0.3) is 0 Å². The number of aromatic carboxylic acids is 1. The number of aryl methyl sites for hydroxylation is 1. The molecule has 2 aromatic heterocycles. The highest BCUT2D eigenvalue weighted by atomic mass is 32.1. The van der Waals surface area contributed by atoms with E-state index in [0.717, 1.165) is 11.4 Å². The van der Waals surface area contributed by atoms with Crippen LogP contribution < -0.4 is 11.1 Å². The quantitative estimate of drug-likeness (QED) is 0.773. The normalized spacial score (nSPS) is 10.4. The highest BCUT2D eigenvalue weighted by Crippen LogP contribution is 2.21. The number of carbonyl (C=O) groups is 1. The van der Waals surface area contributed by atoms with E-state index in [1.165, 1.54) is 17.1 Å². The molecule has 0 radical (unpaired) electrons. The molecule has 0 bridgehead atoms. The number of anilines is 2. The molecule has 2 heterocycles. The Morgan fingerprint density at radius 1 is 1.53 bits per heavy atom. The van der Waals surface area contributed by atoms with Gasteiger partial charge in [-0.2, -0.15) is 0 Å². The second kappa shape index (κ2) is 5.66. The number of carboxylic acids is 1. The maximum atomic E-state index is 10.9. The van der Waals surface area contributed by atoms with Gasteiger partial charge in [-0.15, -0.1) is 11.3 Å². The molecule has 7 heteroatoms. The summed E-state index contributed by atoms with van der Waals surface area (Å²) in [6.45, 7) is 2.55. The highest BCUT2D eigenvalue weighted by Gasteiger charge is 2.12. The van der Waals surface area contributed by atoms with Crippen LogP contribution in [-0.2, 0) is 13.0 Å². The SMILES string of the molecule is CCc1cnc(CNc2nccc(C(=O)O)c2N)s1. The van der Waals surface area contributed by atoms with Gasteiger partial charge < -0.3 is 16.2 Å². The van der Waals surface area contributed by atoms with E-state index in [2.05, 4.69) is 22.2 Å². The van der Waals surface area contributed by atoms with Gasteiger partial charge in [0.1, 0.15) is 10.8 Å². The number of hydrogen-bond donors (Lipinski definition) is 3. The van der Waals surface area contributed by atoms with E-state index in [0.29, 0.717) is 12.4 Å². The first-order chi connectivity index (χ1) is 9.11. The number of nitrogens with one attached hydrogen (secondary N) is 1. The molecule has 0 spiro atoms. The lowest BCUT2D eigenvalue weighted by atomic mass is 10.2. The number of nitrogen functional groups attached to an aromatic ring is 1. The number of rotatable bonds is 5. The standard InChI is InChI=1S/C12H14N4O2S/c1-2-7-5-15-9(19-7)6-16-11-10(13)8(12(17)18)3-4-14-11/h3-5H,2,6,13H2,1H3,(H,14,16)(H,17,18). The van der Waals surface area contributed by atoms with Crippen molar-refractivity contribution in [2.24, 2.45) is 0 Å². The van der Waals surface area contributed by atoms with Crippen molar-refractivity contribution in [1.82, 2.24) is 9.97 Å². The van der Waals surface area contributed by atoms with Crippen molar-refractivity contribution < 1.29 is 9.90 Å². The topological polar surface area (TPSA) is 101 Å². The summed E-state index contributed by atoms with van der Waals surface area (Å²) in [6, 6.07) is 1.38. The molecule has 0 aliphatic rings. The average molecular weight is 278 g/mol. The van der Waals surface area contributed by atoms with Crippen molar-refractivity contribution in [3.05, 3.63) is 33.9 Å². The van der Waals surface area contributed by atoms with Gasteiger partial charge in [-0.1, -0.05) is 6.92 Å². The van der Waals surface area contributed by atoms with Crippen molar-refractivity contribution in [3.8, 4) is 0 Å². The van der Waals surface area contributed by atoms with Crippen molar-refractivity contribution in [2.45, 2.75) is 19.9 Å². The molecule has 0 saturated carbocycles. The number of pyridine rings is 1. The third-order valence-electron chi connectivity index (χ3n) is 2.58. The van der Waals surface area contributed by atoms with Gasteiger partial charge in [-0.25, -0.2) is 14.8 Å². The van der Waals surface area contributed by atoms with Gasteiger partial charge >= 0.3 is 5.97 Å². The van der Waals surface area contributed by atoms with E-state index >= 15 is 0 Å². The molecule has 2 rings (SSSR count). The Bertz CT molecular complexity index is 597. The van der Waals surface area contributed by atoms with Crippen molar-refractivity contribution in [3.63, 3.8) is 0 Å². The zero-order valence-corrected chi connectivity index (χ0v) is 11.2. The number of aromatic nitrogens is 2. The van der Waals surface area contributed by atoms with E-state index in [9.17, 15) is 4.79 Å². The number of carboxylic acid groups (broad SMARTS) is 1. The molecule has 2 aromatic rings. The minimum atomic E-state index is -1.06. The van der Waals surface area contributed by atoms with Gasteiger partial charge in [0.2, 0.25) is 0 Å². The summed E-state index contributed by atoms with van der Waals surface area (Å²) in [5.74, 6) is -0.696. The van der Waals surface area contributed by atoms with Crippen LogP contribution in [-0.4, -0.2) is 21.0 Å². The van der Waals surface area contributed by atoms with Gasteiger partial charge in [0.05, 0.1) is 17.8 Å². The Balaban J connectivity index is 2.11. The molecule has 0 amide bonds. The first-order valence-corrected chi connectivity index (χ1v) is 6.58. The summed E-state index contributed by atoms with van der Waals surface area (Å²) in [5.41, 5.74) is 5.95. The van der Waals surface area contributed by atoms with Gasteiger partial charge in [0.15, 0.2) is 0 Å². The monoisotopic (exact) mass is 278 g/mol. The zero-order valence-electron chi connectivity index (χ0n) is 10.4. The molecule has 0 saturated heterocycles. The first-order valence-electron chi connectivity index (χ1n) is 5.77. The smallest absolute Gasteiger partial charge is 0.337 e. The molecule has 0 fully saturated rings. The van der Waals surface area contributed by atoms with Crippen molar-refractivity contribution in [1.29, 1.82) is 0 Å². The Morgan fingerprint density at radius 3 is 2.95 bits per heavy atom. The first kappa shape index (κ1) is 13.3. The fourth-order valence-corrected chi connectivity index (χ4v) is 2.36. The average Bonchev–Trinajstić information content (AvgIpc) is 2.85. The summed E-state index contributed by atoms with van der Waals surface area (Å²) in [6.07, 6.45) is 4.21. The highest BCUT2D eigenvalue weighted by molar-refractivity contribution is 7.11. The molecular formula is C12H14N4O2S. The largest absolute Gasteiger partial charge is 0.478 e. The van der Waals surface area contributed by atoms with Crippen LogP contribution in [0.1, 0.15) is 27.2 Å². The second-order valence-corrected chi connectivity index (χ2v) is 5.05. The predicted molar refractivity (Wildman–Crippen MR) is 74.4 cm³/mol. The number of hydrogen-bond acceptors (Lipinski definition) is 6. The minimum absolute atomic E-state index is 0.0471. The maximum Gasteiger partial charge on any atom is 0.337 e. The number of nitrogens with zero attached hydrogens (tertiary/aromatic N) is 2. The Hall–Kier alpha value is -2.15. The molecular weight excluding hydrogens is 264 g/mol. The van der Waals surface area contributed by atoms with E-state index in [1.54, 1.807) is 11.3 Å². The van der Waals surface area contributed by atoms with Crippen LogP contribution >= 0.6 is 11.3 Å². The molecule has 19 heavy (non-hydrogen) atoms. The summed E-state index contributed by atoms with van der Waals surface area (Å²) < 4.78 is 0. The lowest BCUT2D eigenvalue weighted by molar-refractivity contribution is 0.0698. The van der Waals surface area contributed by atoms with Gasteiger partial charge in [0, 0.05) is 17.3 Å². The third-order valence-corrected chi connectivity index (χ3v) is 3.72. The van der Waals surface area contributed by atoms with Gasteiger partial charge in [-0.05, 0) is 12.5 Å². The maximum absolute atomic E-state index is 10.9. The van der Waals surface area contributed by atoms with Crippen molar-refractivity contribution in [2.75, 3.05) is 11.1 Å². The Morgan fingerprint density at radius 2 is 2.32 bits per heavy atom. The summed E-state index contributed by atoms with van der Waals surface area (Å²) >= 11 is 1.61. The van der Waals surface area contributed by atoms with Crippen molar-refractivity contribution >= 4 is 28.8 Å². The third kappa shape index (κ3) is 3.00. The fraction of sp³-hybridized carbons (Fsp3) is 0.250.